The maximum absolute atomic E-state index is 12.1. The number of halogens is 1. The van der Waals surface area contributed by atoms with Crippen molar-refractivity contribution in [3.05, 3.63) is 40.9 Å². The zero-order valence-electron chi connectivity index (χ0n) is 15.9. The Morgan fingerprint density at radius 2 is 1.75 bits per heavy atom. The summed E-state index contributed by atoms with van der Waals surface area (Å²) in [6.07, 6.45) is 8.12. The number of carbonyl (C=O) groups excluding carboxylic acids is 2. The van der Waals surface area contributed by atoms with Crippen LogP contribution in [0.25, 0.3) is 10.8 Å². The number of rotatable bonds is 6. The Balaban J connectivity index is 1.43. The van der Waals surface area contributed by atoms with E-state index in [1.54, 1.807) is 0 Å². The summed E-state index contributed by atoms with van der Waals surface area (Å²) in [4.78, 5) is 25.1. The number of hydrogen-bond acceptors (Lipinski definition) is 4. The van der Waals surface area contributed by atoms with Crippen LogP contribution in [0, 0.1) is 0 Å². The van der Waals surface area contributed by atoms with Gasteiger partial charge in [0.1, 0.15) is 0 Å². The van der Waals surface area contributed by atoms with E-state index in [0.717, 1.165) is 45.8 Å². The van der Waals surface area contributed by atoms with Gasteiger partial charge in [-0.15, -0.1) is 11.8 Å². The highest BCUT2D eigenvalue weighted by Gasteiger charge is 2.16. The van der Waals surface area contributed by atoms with E-state index in [1.165, 1.54) is 31.0 Å². The number of hydrogen-bond donors (Lipinski definition) is 1. The monoisotopic (exact) mass is 463 g/mol. The fourth-order valence-electron chi connectivity index (χ4n) is 3.52. The predicted octanol–water partition coefficient (Wildman–Crippen LogP) is 5.47. The SMILES string of the molecule is O=C(COC(=O)CSc1ccc2ccccc2c1Br)NC1CCCCCCC1. The van der Waals surface area contributed by atoms with Crippen molar-refractivity contribution in [1.29, 1.82) is 0 Å². The molecule has 1 fully saturated rings. The molecule has 28 heavy (non-hydrogen) atoms. The number of nitrogens with one attached hydrogen (secondary N) is 1. The Kier molecular flexibility index (Phi) is 8.22. The molecule has 0 atom stereocenters. The zero-order valence-corrected chi connectivity index (χ0v) is 18.3. The third kappa shape index (κ3) is 6.24. The molecule has 0 aromatic heterocycles. The Labute approximate surface area is 178 Å². The van der Waals surface area contributed by atoms with Gasteiger partial charge in [0.15, 0.2) is 6.61 Å². The molecule has 0 heterocycles. The summed E-state index contributed by atoms with van der Waals surface area (Å²) in [5.41, 5.74) is 0. The Bertz CT molecular complexity index is 819. The number of esters is 1. The van der Waals surface area contributed by atoms with Gasteiger partial charge in [0.25, 0.3) is 5.91 Å². The van der Waals surface area contributed by atoms with Gasteiger partial charge in [-0.25, -0.2) is 0 Å². The quantitative estimate of drug-likeness (QED) is 0.455. The number of ether oxygens (including phenoxy) is 1. The van der Waals surface area contributed by atoms with Crippen LogP contribution >= 0.6 is 27.7 Å². The standard InChI is InChI=1S/C22H26BrNO3S/c23-22-18-11-7-6-8-16(18)12-13-19(22)28-15-21(26)27-14-20(25)24-17-9-4-2-1-3-5-10-17/h6-8,11-13,17H,1-5,9-10,14-15H2,(H,24,25). The second-order valence-electron chi connectivity index (χ2n) is 7.16. The summed E-state index contributed by atoms with van der Waals surface area (Å²) < 4.78 is 6.14. The molecule has 2 aromatic rings. The third-order valence-electron chi connectivity index (χ3n) is 5.01. The maximum atomic E-state index is 12.1. The summed E-state index contributed by atoms with van der Waals surface area (Å²) in [6, 6.07) is 12.3. The lowest BCUT2D eigenvalue weighted by Gasteiger charge is -2.20. The smallest absolute Gasteiger partial charge is 0.316 e. The second-order valence-corrected chi connectivity index (χ2v) is 8.97. The van der Waals surface area contributed by atoms with Gasteiger partial charge in [-0.1, -0.05) is 62.4 Å². The topological polar surface area (TPSA) is 55.4 Å². The molecule has 6 heteroatoms. The van der Waals surface area contributed by atoms with Crippen molar-refractivity contribution in [3.8, 4) is 0 Å². The van der Waals surface area contributed by atoms with E-state index in [2.05, 4.69) is 27.3 Å². The summed E-state index contributed by atoms with van der Waals surface area (Å²) in [6.45, 7) is -0.200. The molecule has 3 rings (SSSR count). The molecular formula is C22H26BrNO3S. The molecule has 2 aromatic carbocycles. The molecule has 1 saturated carbocycles. The molecule has 0 radical (unpaired) electrons. The predicted molar refractivity (Wildman–Crippen MR) is 118 cm³/mol. The molecule has 0 bridgehead atoms. The van der Waals surface area contributed by atoms with Gasteiger partial charge in [0.05, 0.1) is 5.75 Å². The molecule has 0 aliphatic heterocycles. The largest absolute Gasteiger partial charge is 0.455 e. The highest BCUT2D eigenvalue weighted by molar-refractivity contribution is 9.10. The first-order chi connectivity index (χ1) is 13.6. The molecule has 150 valence electrons. The van der Waals surface area contributed by atoms with Crippen LogP contribution in [0.2, 0.25) is 0 Å². The molecule has 1 amide bonds. The lowest BCUT2D eigenvalue weighted by atomic mass is 9.97. The van der Waals surface area contributed by atoms with Crippen molar-refractivity contribution in [2.45, 2.75) is 55.9 Å². The Morgan fingerprint density at radius 3 is 2.54 bits per heavy atom. The average Bonchev–Trinajstić information content (AvgIpc) is 2.68. The normalized spacial score (nSPS) is 15.6. The van der Waals surface area contributed by atoms with E-state index >= 15 is 0 Å². The number of thioether (sulfide) groups is 1. The van der Waals surface area contributed by atoms with Crippen LogP contribution in [0.4, 0.5) is 0 Å². The minimum absolute atomic E-state index is 0.174. The Hall–Kier alpha value is -1.53. The minimum Gasteiger partial charge on any atom is -0.455 e. The van der Waals surface area contributed by atoms with E-state index in [-0.39, 0.29) is 30.3 Å². The van der Waals surface area contributed by atoms with Gasteiger partial charge in [0, 0.05) is 15.4 Å². The molecule has 1 aliphatic carbocycles. The summed E-state index contributed by atoms with van der Waals surface area (Å²) >= 11 is 5.03. The lowest BCUT2D eigenvalue weighted by Crippen LogP contribution is -2.38. The van der Waals surface area contributed by atoms with Crippen molar-refractivity contribution in [3.63, 3.8) is 0 Å². The van der Waals surface area contributed by atoms with Gasteiger partial charge in [0.2, 0.25) is 0 Å². The number of amides is 1. The fraction of sp³-hybridized carbons (Fsp3) is 0.455. The Morgan fingerprint density at radius 1 is 1.04 bits per heavy atom. The summed E-state index contributed by atoms with van der Waals surface area (Å²) in [7, 11) is 0. The number of carbonyl (C=O) groups is 2. The van der Waals surface area contributed by atoms with E-state index in [1.807, 2.05) is 30.3 Å². The third-order valence-corrected chi connectivity index (χ3v) is 7.16. The van der Waals surface area contributed by atoms with Crippen LogP contribution in [-0.2, 0) is 14.3 Å². The van der Waals surface area contributed by atoms with Crippen molar-refractivity contribution < 1.29 is 14.3 Å². The first kappa shape index (κ1) is 21.2. The summed E-state index contributed by atoms with van der Waals surface area (Å²) in [5, 5.41) is 5.27. The number of fused-ring (bicyclic) bond motifs is 1. The van der Waals surface area contributed by atoms with Crippen LogP contribution in [0.3, 0.4) is 0 Å². The van der Waals surface area contributed by atoms with Crippen molar-refractivity contribution in [2.75, 3.05) is 12.4 Å². The van der Waals surface area contributed by atoms with Crippen molar-refractivity contribution in [1.82, 2.24) is 5.32 Å². The molecule has 0 saturated heterocycles. The van der Waals surface area contributed by atoms with Gasteiger partial charge >= 0.3 is 5.97 Å². The van der Waals surface area contributed by atoms with Crippen molar-refractivity contribution in [2.24, 2.45) is 0 Å². The molecule has 0 unspecified atom stereocenters. The second kappa shape index (κ2) is 10.9. The van der Waals surface area contributed by atoms with E-state index < -0.39 is 0 Å². The first-order valence-electron chi connectivity index (χ1n) is 9.88. The van der Waals surface area contributed by atoms with E-state index in [4.69, 9.17) is 4.74 Å². The van der Waals surface area contributed by atoms with Crippen LogP contribution in [0.15, 0.2) is 45.8 Å². The van der Waals surface area contributed by atoms with Crippen LogP contribution in [0.5, 0.6) is 0 Å². The van der Waals surface area contributed by atoms with Gasteiger partial charge in [-0.3, -0.25) is 9.59 Å². The van der Waals surface area contributed by atoms with Crippen LogP contribution in [-0.4, -0.2) is 30.3 Å². The first-order valence-corrected chi connectivity index (χ1v) is 11.7. The minimum atomic E-state index is -0.377. The van der Waals surface area contributed by atoms with Gasteiger partial charge < -0.3 is 10.1 Å². The van der Waals surface area contributed by atoms with E-state index in [9.17, 15) is 9.59 Å². The zero-order chi connectivity index (χ0) is 19.8. The average molecular weight is 464 g/mol. The number of benzene rings is 2. The summed E-state index contributed by atoms with van der Waals surface area (Å²) in [5.74, 6) is -0.401. The van der Waals surface area contributed by atoms with Crippen molar-refractivity contribution >= 4 is 50.3 Å². The highest BCUT2D eigenvalue weighted by atomic mass is 79.9. The van der Waals surface area contributed by atoms with Crippen LogP contribution in [0.1, 0.15) is 44.9 Å². The van der Waals surface area contributed by atoms with Gasteiger partial charge in [-0.05, 0) is 45.6 Å². The van der Waals surface area contributed by atoms with Crippen LogP contribution < -0.4 is 5.32 Å². The van der Waals surface area contributed by atoms with E-state index in [0.29, 0.717) is 0 Å². The fourth-order valence-corrected chi connectivity index (χ4v) is 5.11. The maximum Gasteiger partial charge on any atom is 0.316 e. The molecule has 1 N–H and O–H groups in total. The molecule has 1 aliphatic rings. The molecule has 4 nitrogen and oxygen atoms in total. The molecule has 0 spiro atoms. The lowest BCUT2D eigenvalue weighted by molar-refractivity contribution is -0.146. The van der Waals surface area contributed by atoms with Gasteiger partial charge in [-0.2, -0.15) is 0 Å². The molecular weight excluding hydrogens is 438 g/mol. The highest BCUT2D eigenvalue weighted by Crippen LogP contribution is 2.34.